The molecule has 0 spiro atoms. The van der Waals surface area contributed by atoms with Gasteiger partial charge in [0.05, 0.1) is 18.2 Å². The Hall–Kier alpha value is -2.94. The second kappa shape index (κ2) is 10.1. The fraction of sp³-hybridized carbons (Fsp3) is 0.560. The molecule has 1 aromatic carbocycles. The summed E-state index contributed by atoms with van der Waals surface area (Å²) in [6, 6.07) is 4.78. The van der Waals surface area contributed by atoms with Gasteiger partial charge in [-0.15, -0.1) is 0 Å². The van der Waals surface area contributed by atoms with E-state index in [4.69, 9.17) is 4.74 Å². The van der Waals surface area contributed by atoms with Gasteiger partial charge in [0.15, 0.2) is 0 Å². The summed E-state index contributed by atoms with van der Waals surface area (Å²) in [6.07, 6.45) is 1.96. The van der Waals surface area contributed by atoms with Gasteiger partial charge in [0, 0.05) is 50.4 Å². The van der Waals surface area contributed by atoms with Gasteiger partial charge in [-0.2, -0.15) is 0 Å². The molecule has 0 bridgehead atoms. The van der Waals surface area contributed by atoms with Gasteiger partial charge in [0.1, 0.15) is 5.82 Å². The fourth-order valence-corrected chi connectivity index (χ4v) is 4.84. The van der Waals surface area contributed by atoms with E-state index in [1.807, 2.05) is 18.7 Å². The molecule has 1 N–H and O–H groups in total. The Morgan fingerprint density at radius 1 is 1.15 bits per heavy atom. The minimum absolute atomic E-state index is 0.0499. The maximum absolute atomic E-state index is 13.6. The molecule has 184 valence electrons. The van der Waals surface area contributed by atoms with E-state index in [1.165, 1.54) is 12.1 Å². The number of nitrogens with zero attached hydrogens (tertiary/aromatic N) is 3. The van der Waals surface area contributed by atoms with Crippen LogP contribution in [0.15, 0.2) is 35.5 Å². The molecule has 2 fully saturated rings. The van der Waals surface area contributed by atoms with Crippen molar-refractivity contribution in [1.82, 2.24) is 20.0 Å². The highest BCUT2D eigenvalue weighted by molar-refractivity contribution is 5.95. The van der Waals surface area contributed by atoms with Crippen LogP contribution in [-0.4, -0.2) is 78.0 Å². The summed E-state index contributed by atoms with van der Waals surface area (Å²) in [4.78, 5) is 44.5. The highest BCUT2D eigenvalue weighted by atomic mass is 19.1. The number of halogens is 1. The van der Waals surface area contributed by atoms with E-state index in [9.17, 15) is 18.8 Å². The van der Waals surface area contributed by atoms with Crippen molar-refractivity contribution in [3.63, 3.8) is 0 Å². The summed E-state index contributed by atoms with van der Waals surface area (Å²) < 4.78 is 18.9. The van der Waals surface area contributed by atoms with Crippen molar-refractivity contribution in [3.05, 3.63) is 46.9 Å². The molecular formula is C25H33FN4O4. The number of amides is 3. The second-order valence-corrected chi connectivity index (χ2v) is 9.15. The van der Waals surface area contributed by atoms with Crippen LogP contribution in [0.5, 0.6) is 0 Å². The summed E-state index contributed by atoms with van der Waals surface area (Å²) >= 11 is 0. The van der Waals surface area contributed by atoms with Crippen LogP contribution in [0.4, 0.5) is 9.18 Å². The van der Waals surface area contributed by atoms with Gasteiger partial charge in [-0.1, -0.05) is 12.1 Å². The highest BCUT2D eigenvalue weighted by Gasteiger charge is 2.40. The smallest absolute Gasteiger partial charge is 0.338 e. The number of esters is 1. The Labute approximate surface area is 199 Å². The number of carbonyl (C=O) groups is 3. The van der Waals surface area contributed by atoms with Crippen molar-refractivity contribution in [3.8, 4) is 0 Å². The lowest BCUT2D eigenvalue weighted by atomic mass is 9.94. The number of urea groups is 1. The van der Waals surface area contributed by atoms with E-state index in [0.29, 0.717) is 49.6 Å². The number of rotatable bonds is 7. The molecule has 3 aliphatic rings. The Morgan fingerprint density at radius 2 is 1.85 bits per heavy atom. The summed E-state index contributed by atoms with van der Waals surface area (Å²) in [6.45, 7) is 8.53. The quantitative estimate of drug-likeness (QED) is 0.617. The number of nitrogens with one attached hydrogen (secondary N) is 1. The summed E-state index contributed by atoms with van der Waals surface area (Å²) in [5.41, 5.74) is 1.56. The van der Waals surface area contributed by atoms with Crippen LogP contribution in [0.2, 0.25) is 0 Å². The second-order valence-electron chi connectivity index (χ2n) is 9.15. The summed E-state index contributed by atoms with van der Waals surface area (Å²) in [5, 5.41) is 2.89. The predicted octanol–water partition coefficient (Wildman–Crippen LogP) is 2.67. The molecule has 0 aromatic heterocycles. The summed E-state index contributed by atoms with van der Waals surface area (Å²) in [7, 11) is 0. The number of benzene rings is 1. The Bertz CT molecular complexity index is 976. The van der Waals surface area contributed by atoms with Crippen molar-refractivity contribution in [2.45, 2.75) is 45.7 Å². The molecule has 1 saturated carbocycles. The molecule has 1 aromatic rings. The van der Waals surface area contributed by atoms with Gasteiger partial charge in [-0.3, -0.25) is 14.6 Å². The number of ether oxygens (including phenoxy) is 1. The van der Waals surface area contributed by atoms with Crippen LogP contribution >= 0.6 is 0 Å². The van der Waals surface area contributed by atoms with Gasteiger partial charge in [-0.25, -0.2) is 14.0 Å². The minimum Gasteiger partial charge on any atom is -0.463 e. The van der Waals surface area contributed by atoms with E-state index >= 15 is 0 Å². The number of likely N-dealkylation sites (N-methyl/N-ethyl adjacent to an activating group) is 1. The highest BCUT2D eigenvalue weighted by Crippen LogP contribution is 2.34. The predicted molar refractivity (Wildman–Crippen MR) is 124 cm³/mol. The van der Waals surface area contributed by atoms with Gasteiger partial charge in [-0.05, 0) is 51.3 Å². The van der Waals surface area contributed by atoms with Gasteiger partial charge in [0.25, 0.3) is 0 Å². The van der Waals surface area contributed by atoms with E-state index < -0.39 is 17.8 Å². The van der Waals surface area contributed by atoms with Crippen LogP contribution in [0.1, 0.15) is 45.2 Å². The van der Waals surface area contributed by atoms with Crippen LogP contribution in [0.3, 0.4) is 0 Å². The van der Waals surface area contributed by atoms with Crippen LogP contribution in [0.25, 0.3) is 0 Å². The van der Waals surface area contributed by atoms with Crippen molar-refractivity contribution in [2.24, 2.45) is 5.92 Å². The molecule has 2 heterocycles. The lowest BCUT2D eigenvalue weighted by Crippen LogP contribution is -2.56. The molecular weight excluding hydrogens is 439 g/mol. The van der Waals surface area contributed by atoms with Crippen molar-refractivity contribution >= 4 is 17.9 Å². The van der Waals surface area contributed by atoms with Crippen molar-refractivity contribution < 1.29 is 23.5 Å². The zero-order valence-corrected chi connectivity index (χ0v) is 20.1. The van der Waals surface area contributed by atoms with Crippen molar-refractivity contribution in [1.29, 1.82) is 0 Å². The molecule has 1 aliphatic carbocycles. The van der Waals surface area contributed by atoms with Gasteiger partial charge < -0.3 is 15.0 Å². The molecule has 0 unspecified atom stereocenters. The fourth-order valence-electron chi connectivity index (χ4n) is 4.84. The Morgan fingerprint density at radius 3 is 2.44 bits per heavy atom. The number of piperazine rings is 1. The third-order valence-corrected chi connectivity index (χ3v) is 6.75. The standard InChI is InChI=1S/C25H33FN4O4/c1-4-29-20(15-28-12-13-30(16(3)14-28)23(31)18-6-7-18)21(24(32)34-5-2)22(27-25(29)33)17-8-10-19(26)11-9-17/h8-11,16,18,22H,4-7,12-15H2,1-3H3,(H,27,33)/t16-,22+/m0/s1. The van der Waals surface area contributed by atoms with E-state index in [0.717, 1.165) is 12.8 Å². The summed E-state index contributed by atoms with van der Waals surface area (Å²) in [5.74, 6) is -0.472. The maximum atomic E-state index is 13.6. The first-order valence-electron chi connectivity index (χ1n) is 12.1. The monoisotopic (exact) mass is 472 g/mol. The Kier molecular flexibility index (Phi) is 7.21. The molecule has 1 saturated heterocycles. The lowest BCUT2D eigenvalue weighted by molar-refractivity contribution is -0.139. The first kappa shape index (κ1) is 24.2. The van der Waals surface area contributed by atoms with E-state index in [-0.39, 0.29) is 30.5 Å². The number of hydrogen-bond acceptors (Lipinski definition) is 5. The largest absolute Gasteiger partial charge is 0.463 e. The SMILES string of the molecule is CCOC(=O)C1=C(CN2CCN(C(=O)C3CC3)[C@@H](C)C2)N(CC)C(=O)N[C@@H]1c1ccc(F)cc1. The zero-order chi connectivity index (χ0) is 24.4. The first-order chi connectivity index (χ1) is 16.3. The van der Waals surface area contributed by atoms with Gasteiger partial charge >= 0.3 is 12.0 Å². The third kappa shape index (κ3) is 4.94. The molecule has 8 nitrogen and oxygen atoms in total. The molecule has 0 radical (unpaired) electrons. The van der Waals surface area contributed by atoms with Gasteiger partial charge in [0.2, 0.25) is 5.91 Å². The lowest BCUT2D eigenvalue weighted by Gasteiger charge is -2.43. The average Bonchev–Trinajstić information content (AvgIpc) is 3.65. The van der Waals surface area contributed by atoms with Crippen LogP contribution in [-0.2, 0) is 14.3 Å². The number of hydrogen-bond donors (Lipinski definition) is 1. The van der Waals surface area contributed by atoms with Crippen LogP contribution in [0, 0.1) is 11.7 Å². The molecule has 9 heteroatoms. The normalized spacial score (nSPS) is 23.7. The average molecular weight is 473 g/mol. The minimum atomic E-state index is -0.736. The number of carbonyl (C=O) groups excluding carboxylic acids is 3. The first-order valence-corrected chi connectivity index (χ1v) is 12.1. The van der Waals surface area contributed by atoms with Crippen LogP contribution < -0.4 is 5.32 Å². The molecule has 3 amide bonds. The molecule has 2 atom stereocenters. The molecule has 2 aliphatic heterocycles. The van der Waals surface area contributed by atoms with E-state index in [1.54, 1.807) is 24.0 Å². The van der Waals surface area contributed by atoms with Crippen molar-refractivity contribution in [2.75, 3.05) is 39.3 Å². The third-order valence-electron chi connectivity index (χ3n) is 6.75. The molecule has 34 heavy (non-hydrogen) atoms. The zero-order valence-electron chi connectivity index (χ0n) is 20.1. The molecule has 4 rings (SSSR count). The maximum Gasteiger partial charge on any atom is 0.338 e. The van der Waals surface area contributed by atoms with E-state index in [2.05, 4.69) is 10.2 Å². The Balaban J connectivity index is 1.65. The topological polar surface area (TPSA) is 82.2 Å².